The lowest BCUT2D eigenvalue weighted by Crippen LogP contribution is -2.73. The number of benzene rings is 2. The second-order valence-corrected chi connectivity index (χ2v) is 13.8. The van der Waals surface area contributed by atoms with Gasteiger partial charge in [-0.3, -0.25) is 14.4 Å². The monoisotopic (exact) mass is 608 g/mol. The maximum Gasteiger partial charge on any atom is 0.253 e. The van der Waals surface area contributed by atoms with Crippen LogP contribution >= 0.6 is 15.9 Å². The lowest BCUT2D eigenvalue weighted by Gasteiger charge is -2.66. The molecule has 2 aromatic carbocycles. The Morgan fingerprint density at radius 3 is 2.60 bits per heavy atom. The van der Waals surface area contributed by atoms with Gasteiger partial charge in [-0.1, -0.05) is 45.9 Å². The van der Waals surface area contributed by atoms with Crippen LogP contribution in [0.2, 0.25) is 0 Å². The number of halogens is 1. The Balaban J connectivity index is 1.59. The van der Waals surface area contributed by atoms with Gasteiger partial charge in [-0.25, -0.2) is 0 Å². The van der Waals surface area contributed by atoms with Gasteiger partial charge in [-0.2, -0.15) is 0 Å². The summed E-state index contributed by atoms with van der Waals surface area (Å²) in [6.07, 6.45) is 3.02. The molecule has 7 nitrogen and oxygen atoms in total. The second-order valence-electron chi connectivity index (χ2n) is 12.9. The van der Waals surface area contributed by atoms with Crippen molar-refractivity contribution >= 4 is 33.5 Å². The van der Waals surface area contributed by atoms with Gasteiger partial charge >= 0.3 is 0 Å². The van der Waals surface area contributed by atoms with E-state index in [9.17, 15) is 14.4 Å². The van der Waals surface area contributed by atoms with Gasteiger partial charge in [0.2, 0.25) is 5.91 Å². The quantitative estimate of drug-likeness (QED) is 0.478. The van der Waals surface area contributed by atoms with Crippen LogP contribution in [0.25, 0.3) is 0 Å². The number of ketones is 1. The van der Waals surface area contributed by atoms with Crippen molar-refractivity contribution in [2.75, 3.05) is 7.11 Å². The highest BCUT2D eigenvalue weighted by Gasteiger charge is 2.70. The minimum atomic E-state index is -0.708. The number of ether oxygens (including phenoxy) is 2. The maximum absolute atomic E-state index is 13.8. The molecule has 2 aromatic rings. The van der Waals surface area contributed by atoms with Crippen molar-refractivity contribution in [1.82, 2.24) is 10.6 Å². The number of amides is 2. The van der Waals surface area contributed by atoms with E-state index in [1.807, 2.05) is 44.2 Å². The summed E-state index contributed by atoms with van der Waals surface area (Å²) in [6, 6.07) is 8.67. The lowest BCUT2D eigenvalue weighted by atomic mass is 9.43. The van der Waals surface area contributed by atoms with Gasteiger partial charge in [0.1, 0.15) is 17.1 Å². The number of nitrogens with one attached hydrogen (secondary N) is 2. The van der Waals surface area contributed by atoms with Crippen molar-refractivity contribution in [3.63, 3.8) is 0 Å². The number of Topliss-reactive ketones (excluding diaryl/α,β-unsaturated/α-hetero) is 1. The van der Waals surface area contributed by atoms with E-state index in [4.69, 9.17) is 9.47 Å². The molecule has 2 fully saturated rings. The van der Waals surface area contributed by atoms with Gasteiger partial charge < -0.3 is 20.1 Å². The average Bonchev–Trinajstić information content (AvgIpc) is 3.25. The highest BCUT2D eigenvalue weighted by molar-refractivity contribution is 9.10. The molecule has 2 aliphatic carbocycles. The Morgan fingerprint density at radius 2 is 1.90 bits per heavy atom. The van der Waals surface area contributed by atoms with E-state index in [1.165, 1.54) is 6.92 Å². The number of methoxy groups -OCH3 is 1. The number of hydrogen-bond donors (Lipinski definition) is 2. The van der Waals surface area contributed by atoms with Crippen molar-refractivity contribution in [3.8, 4) is 11.5 Å². The normalized spacial score (nSPS) is 33.5. The number of rotatable bonds is 3. The smallest absolute Gasteiger partial charge is 0.253 e. The van der Waals surface area contributed by atoms with Crippen LogP contribution in [-0.2, 0) is 16.0 Å². The minimum Gasteiger partial charge on any atom is -0.496 e. The zero-order chi connectivity index (χ0) is 28.8. The molecule has 4 aliphatic rings. The largest absolute Gasteiger partial charge is 0.496 e. The van der Waals surface area contributed by atoms with Gasteiger partial charge in [0.05, 0.1) is 24.8 Å². The van der Waals surface area contributed by atoms with Crippen LogP contribution in [0.3, 0.4) is 0 Å². The van der Waals surface area contributed by atoms with E-state index in [2.05, 4.69) is 40.4 Å². The van der Waals surface area contributed by atoms with Gasteiger partial charge in [-0.15, -0.1) is 0 Å². The summed E-state index contributed by atoms with van der Waals surface area (Å²) in [5.74, 6) is 1.37. The number of fused-ring (bicyclic) bond motifs is 3. The Labute approximate surface area is 243 Å². The predicted octanol–water partition coefficient (Wildman–Crippen LogP) is 5.52. The van der Waals surface area contributed by atoms with Crippen LogP contribution in [0.4, 0.5) is 0 Å². The molecule has 0 aromatic heterocycles. The van der Waals surface area contributed by atoms with Crippen LogP contribution in [-0.4, -0.2) is 36.4 Å². The van der Waals surface area contributed by atoms with Crippen molar-refractivity contribution < 1.29 is 23.9 Å². The van der Waals surface area contributed by atoms with Crippen molar-refractivity contribution in [2.45, 2.75) is 78.0 Å². The van der Waals surface area contributed by atoms with E-state index >= 15 is 0 Å². The molecule has 40 heavy (non-hydrogen) atoms. The average molecular weight is 610 g/mol. The molecule has 2 unspecified atom stereocenters. The topological polar surface area (TPSA) is 93.7 Å². The maximum atomic E-state index is 13.8. The molecule has 0 bridgehead atoms. The van der Waals surface area contributed by atoms with E-state index in [0.717, 1.165) is 46.2 Å². The Kier molecular flexibility index (Phi) is 6.19. The molecule has 212 valence electrons. The van der Waals surface area contributed by atoms with E-state index in [0.29, 0.717) is 23.7 Å². The summed E-state index contributed by atoms with van der Waals surface area (Å²) >= 11 is 3.71. The summed E-state index contributed by atoms with van der Waals surface area (Å²) < 4.78 is 13.8. The number of carbonyl (C=O) groups is 3. The van der Waals surface area contributed by atoms with Crippen molar-refractivity contribution in [3.05, 3.63) is 57.1 Å². The third kappa shape index (κ3) is 3.57. The molecule has 1 spiro atoms. The number of para-hydroxylation sites is 1. The molecule has 6 rings (SSSR count). The van der Waals surface area contributed by atoms with Crippen LogP contribution in [0.5, 0.6) is 11.5 Å². The molecule has 2 aliphatic heterocycles. The van der Waals surface area contributed by atoms with Gasteiger partial charge in [0, 0.05) is 45.7 Å². The zero-order valence-electron chi connectivity index (χ0n) is 23.9. The first kappa shape index (κ1) is 27.3. The molecule has 0 saturated heterocycles. The highest BCUT2D eigenvalue weighted by atomic mass is 79.9. The molecule has 0 radical (unpaired) electrons. The first-order valence-electron chi connectivity index (χ1n) is 14.1. The third-order valence-electron chi connectivity index (χ3n) is 10.6. The predicted molar refractivity (Wildman–Crippen MR) is 155 cm³/mol. The lowest BCUT2D eigenvalue weighted by molar-refractivity contribution is -0.213. The summed E-state index contributed by atoms with van der Waals surface area (Å²) in [4.78, 5) is 39.5. The Bertz CT molecular complexity index is 1450. The highest BCUT2D eigenvalue weighted by Crippen LogP contribution is 2.66. The fraction of sp³-hybridized carbons (Fsp3) is 0.531. The van der Waals surface area contributed by atoms with Crippen molar-refractivity contribution in [1.29, 1.82) is 0 Å². The SMILES string of the molecule is COc1ccccc1C1NC(=O)c2c(Br)cc3c(c21)O[C@@]12CC(NC(C)=O)C(=O)C(C)(C)[C@@H]1CC[C@H](C)[C@@]2(C)C3. The first-order chi connectivity index (χ1) is 18.9. The zero-order valence-corrected chi connectivity index (χ0v) is 25.5. The van der Waals surface area contributed by atoms with E-state index < -0.39 is 23.1 Å². The second kappa shape index (κ2) is 9.07. The van der Waals surface area contributed by atoms with Crippen molar-refractivity contribution in [2.24, 2.45) is 22.7 Å². The molecule has 6 atom stereocenters. The van der Waals surface area contributed by atoms with Gasteiger partial charge in [0.15, 0.2) is 5.78 Å². The van der Waals surface area contributed by atoms with Crippen LogP contribution in [0.1, 0.15) is 87.0 Å². The standard InChI is InChI=1S/C32H37BrN2O5/c1-16-11-12-23-30(3,4)28(37)21(34-17(2)36)15-32(23)31(16,5)14-18-13-20(33)24-25(27(18)40-32)26(35-29(24)38)19-9-7-8-10-22(19)39-6/h7-10,13,16,21,23,26H,11-12,14-15H2,1-6H3,(H,34,36)(H,35,38)/t16-,21?,23-,26?,31+,32-/m0/s1. The Morgan fingerprint density at radius 1 is 1.18 bits per heavy atom. The number of carbonyl (C=O) groups excluding carboxylic acids is 3. The minimum absolute atomic E-state index is 0.0408. The summed E-state index contributed by atoms with van der Waals surface area (Å²) in [5.41, 5.74) is 1.59. The van der Waals surface area contributed by atoms with E-state index in [-0.39, 0.29) is 28.9 Å². The summed E-state index contributed by atoms with van der Waals surface area (Å²) in [6.45, 7) is 10.1. The summed E-state index contributed by atoms with van der Waals surface area (Å²) in [5, 5.41) is 6.14. The molecular weight excluding hydrogens is 572 g/mol. The third-order valence-corrected chi connectivity index (χ3v) is 11.3. The fourth-order valence-corrected chi connectivity index (χ4v) is 9.16. The fourth-order valence-electron chi connectivity index (χ4n) is 8.49. The van der Waals surface area contributed by atoms with Gasteiger partial charge in [-0.05, 0) is 58.8 Å². The molecule has 2 N–H and O–H groups in total. The molecule has 2 heterocycles. The van der Waals surface area contributed by atoms with Crippen LogP contribution < -0.4 is 20.1 Å². The van der Waals surface area contributed by atoms with Crippen LogP contribution in [0.15, 0.2) is 34.8 Å². The summed E-state index contributed by atoms with van der Waals surface area (Å²) in [7, 11) is 1.63. The number of hydrogen-bond acceptors (Lipinski definition) is 5. The van der Waals surface area contributed by atoms with Crippen LogP contribution in [0, 0.1) is 22.7 Å². The van der Waals surface area contributed by atoms with E-state index in [1.54, 1.807) is 7.11 Å². The molecule has 2 amide bonds. The Hall–Kier alpha value is -2.87. The van der Waals surface area contributed by atoms with Gasteiger partial charge in [0.25, 0.3) is 5.91 Å². The molecule has 8 heteroatoms. The molecular formula is C32H37BrN2O5. The molecule has 2 saturated carbocycles. The first-order valence-corrected chi connectivity index (χ1v) is 14.9.